The van der Waals surface area contributed by atoms with Gasteiger partial charge in [-0.05, 0) is 32.0 Å². The summed E-state index contributed by atoms with van der Waals surface area (Å²) in [6.45, 7) is 6.37. The fourth-order valence-electron chi connectivity index (χ4n) is 2.99. The lowest BCUT2D eigenvalue weighted by atomic mass is 10.2. The van der Waals surface area contributed by atoms with Crippen LogP contribution in [0.2, 0.25) is 0 Å². The van der Waals surface area contributed by atoms with Gasteiger partial charge in [0.1, 0.15) is 24.2 Å². The molecule has 146 valence electrons. The molecule has 0 spiro atoms. The minimum atomic E-state index is -0.514. The molecule has 3 N–H and O–H groups in total. The van der Waals surface area contributed by atoms with E-state index in [0.29, 0.717) is 31.9 Å². The van der Waals surface area contributed by atoms with Crippen LogP contribution in [0.5, 0.6) is 11.5 Å². The Kier molecular flexibility index (Phi) is 8.67. The van der Waals surface area contributed by atoms with Crippen molar-refractivity contribution in [3.8, 4) is 11.5 Å². The molecule has 1 aliphatic heterocycles. The first-order chi connectivity index (χ1) is 12.6. The molecule has 0 bridgehead atoms. The number of hydrogen-bond donors (Lipinski definition) is 3. The highest BCUT2D eigenvalue weighted by Gasteiger charge is 2.17. The first kappa shape index (κ1) is 20.5. The number of rotatable bonds is 11. The molecule has 1 unspecified atom stereocenters. The van der Waals surface area contributed by atoms with Gasteiger partial charge in [0.25, 0.3) is 0 Å². The van der Waals surface area contributed by atoms with Crippen molar-refractivity contribution in [3.05, 3.63) is 23.8 Å². The number of aliphatic hydroxyl groups excluding tert-OH is 1. The first-order valence-corrected chi connectivity index (χ1v) is 9.23. The third-order valence-corrected chi connectivity index (χ3v) is 4.36. The molecule has 0 aromatic heterocycles. The van der Waals surface area contributed by atoms with Gasteiger partial charge in [0.05, 0.1) is 7.11 Å². The van der Waals surface area contributed by atoms with Crippen LogP contribution in [0.4, 0.5) is 0 Å². The summed E-state index contributed by atoms with van der Waals surface area (Å²) in [6, 6.07) is 5.68. The van der Waals surface area contributed by atoms with Crippen LogP contribution in [0.15, 0.2) is 18.2 Å². The smallest absolute Gasteiger partial charge is 0.216 e. The fraction of sp³-hybridized carbons (Fsp3) is 0.632. The van der Waals surface area contributed by atoms with Gasteiger partial charge < -0.3 is 30.1 Å². The molecule has 1 aromatic carbocycles. The average Bonchev–Trinajstić information content (AvgIpc) is 3.13. The molecule has 1 amide bonds. The lowest BCUT2D eigenvalue weighted by Gasteiger charge is -2.20. The predicted octanol–water partition coefficient (Wildman–Crippen LogP) is 0.756. The van der Waals surface area contributed by atoms with E-state index in [-0.39, 0.29) is 12.5 Å². The number of benzene rings is 1. The van der Waals surface area contributed by atoms with Crippen LogP contribution in [-0.4, -0.2) is 68.5 Å². The topological polar surface area (TPSA) is 83.1 Å². The van der Waals surface area contributed by atoms with Crippen molar-refractivity contribution in [1.82, 2.24) is 15.5 Å². The Bertz CT molecular complexity index is 562. The summed E-state index contributed by atoms with van der Waals surface area (Å²) in [5.41, 5.74) is 0.988. The minimum Gasteiger partial charge on any atom is -0.497 e. The van der Waals surface area contributed by atoms with E-state index in [0.717, 1.165) is 24.4 Å². The number of hydrogen-bond acceptors (Lipinski definition) is 6. The minimum absolute atomic E-state index is 0.0349. The molecular formula is C19H31N3O4. The number of amides is 1. The molecule has 0 aliphatic carbocycles. The number of methoxy groups -OCH3 is 1. The number of aliphatic hydroxyl groups is 1. The third kappa shape index (κ3) is 7.19. The maximum absolute atomic E-state index is 10.9. The summed E-state index contributed by atoms with van der Waals surface area (Å²) < 4.78 is 11.2. The standard InChI is InChI=1S/C19H31N3O4/c1-15(23)21-8-7-20-12-16-5-6-18(25-2)11-19(16)26-14-17(24)13-22-9-3-4-10-22/h5-6,11,17,20,24H,3-4,7-10,12-14H2,1-2H3,(H,21,23). The van der Waals surface area contributed by atoms with Crippen molar-refractivity contribution in [2.24, 2.45) is 0 Å². The molecule has 0 saturated carbocycles. The lowest BCUT2D eigenvalue weighted by molar-refractivity contribution is -0.118. The van der Waals surface area contributed by atoms with Gasteiger partial charge in [-0.3, -0.25) is 4.79 Å². The van der Waals surface area contributed by atoms with E-state index in [4.69, 9.17) is 9.47 Å². The van der Waals surface area contributed by atoms with Gasteiger partial charge >= 0.3 is 0 Å². The number of nitrogens with zero attached hydrogens (tertiary/aromatic N) is 1. The zero-order valence-corrected chi connectivity index (χ0v) is 15.8. The summed E-state index contributed by atoms with van der Waals surface area (Å²) >= 11 is 0. The molecular weight excluding hydrogens is 334 g/mol. The maximum Gasteiger partial charge on any atom is 0.216 e. The third-order valence-electron chi connectivity index (χ3n) is 4.36. The van der Waals surface area contributed by atoms with Crippen LogP contribution in [-0.2, 0) is 11.3 Å². The Labute approximate surface area is 155 Å². The molecule has 1 saturated heterocycles. The van der Waals surface area contributed by atoms with Gasteiger partial charge in [-0.1, -0.05) is 6.07 Å². The summed E-state index contributed by atoms with van der Waals surface area (Å²) in [6.07, 6.45) is 1.90. The number of ether oxygens (including phenoxy) is 2. The predicted molar refractivity (Wildman–Crippen MR) is 101 cm³/mol. The molecule has 2 rings (SSSR count). The van der Waals surface area contributed by atoms with Crippen molar-refractivity contribution in [2.75, 3.05) is 46.4 Å². The highest BCUT2D eigenvalue weighted by molar-refractivity contribution is 5.72. The quantitative estimate of drug-likeness (QED) is 0.502. The van der Waals surface area contributed by atoms with Crippen LogP contribution >= 0.6 is 0 Å². The van der Waals surface area contributed by atoms with E-state index in [9.17, 15) is 9.90 Å². The largest absolute Gasteiger partial charge is 0.497 e. The first-order valence-electron chi connectivity index (χ1n) is 9.23. The van der Waals surface area contributed by atoms with Crippen LogP contribution in [0.25, 0.3) is 0 Å². The van der Waals surface area contributed by atoms with Crippen molar-refractivity contribution < 1.29 is 19.4 Å². The van der Waals surface area contributed by atoms with Crippen LogP contribution in [0, 0.1) is 0 Å². The monoisotopic (exact) mass is 365 g/mol. The lowest BCUT2D eigenvalue weighted by Crippen LogP contribution is -2.34. The molecule has 1 heterocycles. The van der Waals surface area contributed by atoms with E-state index in [1.165, 1.54) is 19.8 Å². The molecule has 7 nitrogen and oxygen atoms in total. The van der Waals surface area contributed by atoms with Gasteiger partial charge in [-0.15, -0.1) is 0 Å². The molecule has 1 aromatic rings. The number of β-amino-alcohol motifs (C(OH)–C–C–N with tert-alkyl or cyclic N) is 1. The van der Waals surface area contributed by atoms with Crippen molar-refractivity contribution in [3.63, 3.8) is 0 Å². The van der Waals surface area contributed by atoms with Crippen molar-refractivity contribution in [1.29, 1.82) is 0 Å². The Balaban J connectivity index is 1.84. The van der Waals surface area contributed by atoms with E-state index in [2.05, 4.69) is 15.5 Å². The number of carbonyl (C=O) groups is 1. The molecule has 1 atom stereocenters. The van der Waals surface area contributed by atoms with E-state index < -0.39 is 6.10 Å². The molecule has 1 aliphatic rings. The Morgan fingerprint density at radius 1 is 1.31 bits per heavy atom. The molecule has 26 heavy (non-hydrogen) atoms. The molecule has 0 radical (unpaired) electrons. The second kappa shape index (κ2) is 11.0. The van der Waals surface area contributed by atoms with E-state index in [1.807, 2.05) is 18.2 Å². The van der Waals surface area contributed by atoms with Gasteiger partial charge in [-0.25, -0.2) is 0 Å². The van der Waals surface area contributed by atoms with Gasteiger partial charge in [0.15, 0.2) is 0 Å². The SMILES string of the molecule is COc1ccc(CNCCNC(C)=O)c(OCC(O)CN2CCCC2)c1. The average molecular weight is 365 g/mol. The van der Waals surface area contributed by atoms with Gasteiger partial charge in [-0.2, -0.15) is 0 Å². The Morgan fingerprint density at radius 3 is 2.77 bits per heavy atom. The Morgan fingerprint density at radius 2 is 2.08 bits per heavy atom. The van der Waals surface area contributed by atoms with Crippen LogP contribution < -0.4 is 20.1 Å². The molecule has 1 fully saturated rings. The highest BCUT2D eigenvalue weighted by atomic mass is 16.5. The Hall–Kier alpha value is -1.83. The van der Waals surface area contributed by atoms with E-state index in [1.54, 1.807) is 7.11 Å². The van der Waals surface area contributed by atoms with Crippen LogP contribution in [0.3, 0.4) is 0 Å². The zero-order valence-electron chi connectivity index (χ0n) is 15.8. The second-order valence-electron chi connectivity index (χ2n) is 6.61. The summed E-state index contributed by atoms with van der Waals surface area (Å²) in [7, 11) is 1.62. The van der Waals surface area contributed by atoms with Crippen LogP contribution in [0.1, 0.15) is 25.3 Å². The summed E-state index contributed by atoms with van der Waals surface area (Å²) in [5.74, 6) is 1.39. The number of nitrogens with one attached hydrogen (secondary N) is 2. The van der Waals surface area contributed by atoms with Gasteiger partial charge in [0.2, 0.25) is 5.91 Å². The number of carbonyl (C=O) groups excluding carboxylic acids is 1. The van der Waals surface area contributed by atoms with Crippen molar-refractivity contribution >= 4 is 5.91 Å². The zero-order chi connectivity index (χ0) is 18.8. The number of likely N-dealkylation sites (tertiary alicyclic amines) is 1. The van der Waals surface area contributed by atoms with E-state index >= 15 is 0 Å². The second-order valence-corrected chi connectivity index (χ2v) is 6.61. The fourth-order valence-corrected chi connectivity index (χ4v) is 2.99. The maximum atomic E-state index is 10.9. The highest BCUT2D eigenvalue weighted by Crippen LogP contribution is 2.25. The molecule has 7 heteroatoms. The summed E-state index contributed by atoms with van der Waals surface area (Å²) in [4.78, 5) is 13.1. The van der Waals surface area contributed by atoms with Gasteiger partial charge in [0, 0.05) is 44.7 Å². The van der Waals surface area contributed by atoms with Crippen molar-refractivity contribution in [2.45, 2.75) is 32.4 Å². The summed E-state index contributed by atoms with van der Waals surface area (Å²) in [5, 5.41) is 16.3. The normalized spacial score (nSPS) is 15.7.